The van der Waals surface area contributed by atoms with Crippen LogP contribution in [0.1, 0.15) is 0 Å². The number of guanidine groups is 1. The molecule has 0 bridgehead atoms. The van der Waals surface area contributed by atoms with Gasteiger partial charge in [-0.1, -0.05) is 0 Å². The Morgan fingerprint density at radius 3 is 2.64 bits per heavy atom. The van der Waals surface area contributed by atoms with Crippen LogP contribution in [0.5, 0.6) is 0 Å². The molecule has 8 nitrogen and oxygen atoms in total. The highest BCUT2D eigenvalue weighted by molar-refractivity contribution is 14.0. The Morgan fingerprint density at radius 2 is 2.16 bits per heavy atom. The second-order valence-corrected chi connectivity index (χ2v) is 5.32. The fraction of sp³-hybridized carbons (Fsp3) is 0.615. The predicted octanol–water partition coefficient (Wildman–Crippen LogP) is 0.185. The van der Waals surface area contributed by atoms with Crippen LogP contribution in [0.3, 0.4) is 0 Å². The maximum absolute atomic E-state index is 12.3. The zero-order chi connectivity index (χ0) is 17.9. The molecule has 1 unspecified atom stereocenters. The van der Waals surface area contributed by atoms with Crippen molar-refractivity contribution in [2.24, 2.45) is 12.0 Å². The molecule has 1 aromatic heterocycles. The van der Waals surface area contributed by atoms with Crippen LogP contribution in [0.15, 0.2) is 17.4 Å². The first-order valence-corrected chi connectivity index (χ1v) is 7.21. The molecule has 142 valence electrons. The Labute approximate surface area is 159 Å². The van der Waals surface area contributed by atoms with Crippen LogP contribution in [-0.4, -0.2) is 77.2 Å². The molecular formula is C13H20F3IN6O2. The Kier molecular flexibility index (Phi) is 7.46. The number of carbonyl (C=O) groups is 1. The average molecular weight is 476 g/mol. The second-order valence-electron chi connectivity index (χ2n) is 5.32. The van der Waals surface area contributed by atoms with Crippen LogP contribution in [0.25, 0.3) is 0 Å². The number of aliphatic hydroxyl groups excluding tert-OH is 1. The minimum absolute atomic E-state index is 0. The number of piperazine rings is 1. The van der Waals surface area contributed by atoms with Gasteiger partial charge in [-0.2, -0.15) is 18.3 Å². The van der Waals surface area contributed by atoms with Crippen molar-refractivity contribution in [3.63, 3.8) is 0 Å². The number of aryl methyl sites for hydroxylation is 1. The third kappa shape index (κ3) is 5.45. The SMILES string of the molecule is CN=C(NCC(O)C(F)(F)F)N1CCN(c2cnn(C)c2)C(=O)C1.I. The second kappa shape index (κ2) is 8.69. The first-order valence-electron chi connectivity index (χ1n) is 7.21. The fourth-order valence-corrected chi connectivity index (χ4v) is 2.31. The van der Waals surface area contributed by atoms with Gasteiger partial charge in [-0.3, -0.25) is 14.5 Å². The van der Waals surface area contributed by atoms with E-state index in [4.69, 9.17) is 5.11 Å². The van der Waals surface area contributed by atoms with Gasteiger partial charge in [-0.15, -0.1) is 24.0 Å². The summed E-state index contributed by atoms with van der Waals surface area (Å²) in [4.78, 5) is 19.2. The molecule has 1 saturated heterocycles. The fourth-order valence-electron chi connectivity index (χ4n) is 2.31. The summed E-state index contributed by atoms with van der Waals surface area (Å²) in [6, 6.07) is 0. The lowest BCUT2D eigenvalue weighted by atomic mass is 10.3. The summed E-state index contributed by atoms with van der Waals surface area (Å²) in [5, 5.41) is 15.5. The normalized spacial score (nSPS) is 17.4. The number of carbonyl (C=O) groups excluding carboxylic acids is 1. The molecule has 0 radical (unpaired) electrons. The van der Waals surface area contributed by atoms with Crippen LogP contribution in [-0.2, 0) is 11.8 Å². The van der Waals surface area contributed by atoms with E-state index in [0.717, 1.165) is 0 Å². The van der Waals surface area contributed by atoms with E-state index in [1.807, 2.05) is 0 Å². The number of halogens is 4. The Balaban J connectivity index is 0.00000312. The number of alkyl halides is 3. The molecule has 25 heavy (non-hydrogen) atoms. The van der Waals surface area contributed by atoms with Crippen molar-refractivity contribution >= 4 is 41.5 Å². The van der Waals surface area contributed by atoms with E-state index in [1.54, 1.807) is 29.0 Å². The van der Waals surface area contributed by atoms with Crippen molar-refractivity contribution in [2.75, 3.05) is 38.1 Å². The van der Waals surface area contributed by atoms with Crippen molar-refractivity contribution in [3.8, 4) is 0 Å². The van der Waals surface area contributed by atoms with Gasteiger partial charge in [0.15, 0.2) is 12.1 Å². The highest BCUT2D eigenvalue weighted by atomic mass is 127. The number of nitrogens with one attached hydrogen (secondary N) is 1. The Morgan fingerprint density at radius 1 is 1.48 bits per heavy atom. The number of nitrogens with zero attached hydrogens (tertiary/aromatic N) is 5. The smallest absolute Gasteiger partial charge is 0.382 e. The quantitative estimate of drug-likeness (QED) is 0.370. The van der Waals surface area contributed by atoms with Gasteiger partial charge in [0, 0.05) is 33.4 Å². The van der Waals surface area contributed by atoms with E-state index < -0.39 is 18.8 Å². The van der Waals surface area contributed by atoms with Gasteiger partial charge in [0.1, 0.15) is 6.54 Å². The Hall–Kier alpha value is -1.57. The molecular weight excluding hydrogens is 456 g/mol. The lowest BCUT2D eigenvalue weighted by Gasteiger charge is -2.35. The molecule has 12 heteroatoms. The minimum Gasteiger partial charge on any atom is -0.382 e. The summed E-state index contributed by atoms with van der Waals surface area (Å²) < 4.78 is 38.6. The van der Waals surface area contributed by atoms with E-state index in [1.165, 1.54) is 11.9 Å². The summed E-state index contributed by atoms with van der Waals surface area (Å²) in [6.45, 7) is -0.0145. The summed E-state index contributed by atoms with van der Waals surface area (Å²) in [5.74, 6) is -0.0777. The molecule has 0 saturated carbocycles. The van der Waals surface area contributed by atoms with Gasteiger partial charge in [-0.25, -0.2) is 0 Å². The maximum Gasteiger partial charge on any atom is 0.416 e. The topological polar surface area (TPSA) is 86.0 Å². The molecule has 1 aliphatic heterocycles. The molecule has 2 N–H and O–H groups in total. The van der Waals surface area contributed by atoms with Crippen molar-refractivity contribution in [3.05, 3.63) is 12.4 Å². The highest BCUT2D eigenvalue weighted by Crippen LogP contribution is 2.19. The number of hydrogen-bond donors (Lipinski definition) is 2. The largest absolute Gasteiger partial charge is 0.416 e. The summed E-state index contributed by atoms with van der Waals surface area (Å²) in [7, 11) is 3.14. The van der Waals surface area contributed by atoms with Gasteiger partial charge in [0.05, 0.1) is 18.4 Å². The van der Waals surface area contributed by atoms with Crippen LogP contribution < -0.4 is 10.2 Å². The van der Waals surface area contributed by atoms with Crippen molar-refractivity contribution in [1.29, 1.82) is 0 Å². The zero-order valence-corrected chi connectivity index (χ0v) is 16.0. The first-order chi connectivity index (χ1) is 11.2. The van der Waals surface area contributed by atoms with Crippen LogP contribution >= 0.6 is 24.0 Å². The summed E-state index contributed by atoms with van der Waals surface area (Å²) >= 11 is 0. The highest BCUT2D eigenvalue weighted by Gasteiger charge is 2.38. The molecule has 2 heterocycles. The van der Waals surface area contributed by atoms with Crippen LogP contribution in [0.2, 0.25) is 0 Å². The van der Waals surface area contributed by atoms with E-state index in [0.29, 0.717) is 18.8 Å². The molecule has 1 amide bonds. The predicted molar refractivity (Wildman–Crippen MR) is 96.0 cm³/mol. The number of hydrogen-bond acceptors (Lipinski definition) is 4. The number of rotatable bonds is 3. The molecule has 1 atom stereocenters. The van der Waals surface area contributed by atoms with E-state index in [2.05, 4.69) is 15.4 Å². The van der Waals surface area contributed by atoms with Crippen molar-refractivity contribution in [1.82, 2.24) is 20.0 Å². The third-order valence-corrected chi connectivity index (χ3v) is 3.57. The van der Waals surface area contributed by atoms with Crippen molar-refractivity contribution in [2.45, 2.75) is 12.3 Å². The van der Waals surface area contributed by atoms with E-state index in [-0.39, 0.29) is 42.4 Å². The minimum atomic E-state index is -4.71. The summed E-state index contributed by atoms with van der Waals surface area (Å²) in [5.41, 5.74) is 0.664. The standard InChI is InChI=1S/C13H19F3N6O2.HI/c1-17-12(18-6-10(23)13(14,15)16)21-3-4-22(11(24)8-21)9-5-19-20(2)7-9;/h5,7,10,23H,3-4,6,8H2,1-2H3,(H,17,18);1H. The number of aliphatic hydroxyl groups is 1. The third-order valence-electron chi connectivity index (χ3n) is 3.57. The number of aliphatic imine (C=N–C) groups is 1. The van der Waals surface area contributed by atoms with Gasteiger partial charge in [0.2, 0.25) is 5.91 Å². The molecule has 0 aromatic carbocycles. The van der Waals surface area contributed by atoms with Crippen LogP contribution in [0.4, 0.5) is 18.9 Å². The lowest BCUT2D eigenvalue weighted by Crippen LogP contribution is -2.56. The van der Waals surface area contributed by atoms with Crippen LogP contribution in [0, 0.1) is 0 Å². The molecule has 1 aliphatic rings. The zero-order valence-electron chi connectivity index (χ0n) is 13.7. The lowest BCUT2D eigenvalue weighted by molar-refractivity contribution is -0.201. The van der Waals surface area contributed by atoms with Gasteiger partial charge >= 0.3 is 6.18 Å². The molecule has 1 fully saturated rings. The maximum atomic E-state index is 12.3. The van der Waals surface area contributed by atoms with Gasteiger partial charge < -0.3 is 20.2 Å². The number of aromatic nitrogens is 2. The Bertz CT molecular complexity index is 621. The van der Waals surface area contributed by atoms with Gasteiger partial charge in [0.25, 0.3) is 0 Å². The molecule has 0 aliphatic carbocycles. The number of amides is 1. The van der Waals surface area contributed by atoms with E-state index >= 15 is 0 Å². The van der Waals surface area contributed by atoms with Crippen molar-refractivity contribution < 1.29 is 23.1 Å². The molecule has 0 spiro atoms. The average Bonchev–Trinajstić information content (AvgIpc) is 2.93. The monoisotopic (exact) mass is 476 g/mol. The molecule has 2 rings (SSSR count). The molecule has 1 aromatic rings. The van der Waals surface area contributed by atoms with E-state index in [9.17, 15) is 18.0 Å². The number of anilines is 1. The first kappa shape index (κ1) is 21.5. The van der Waals surface area contributed by atoms with Gasteiger partial charge in [-0.05, 0) is 0 Å². The summed E-state index contributed by atoms with van der Waals surface area (Å²) in [6.07, 6.45) is -3.93.